The minimum atomic E-state index is -1.19. The first-order valence-electron chi connectivity index (χ1n) is 9.15. The van der Waals surface area contributed by atoms with E-state index in [-0.39, 0.29) is 16.7 Å². The monoisotopic (exact) mass is 367 g/mol. The highest BCUT2D eigenvalue weighted by atomic mass is 32.2. The summed E-state index contributed by atoms with van der Waals surface area (Å²) in [5, 5.41) is 8.51. The number of primary amides is 1. The van der Waals surface area contributed by atoms with E-state index in [4.69, 9.17) is 5.73 Å². The summed E-state index contributed by atoms with van der Waals surface area (Å²) in [6.45, 7) is 5.87. The fourth-order valence-corrected chi connectivity index (χ4v) is 4.39. The zero-order chi connectivity index (χ0) is 18.2. The zero-order valence-corrected chi connectivity index (χ0v) is 16.1. The number of hydrogen-bond donors (Lipinski definition) is 2. The van der Waals surface area contributed by atoms with Crippen LogP contribution in [0.4, 0.5) is 0 Å². The predicted molar refractivity (Wildman–Crippen MR) is 96.8 cm³/mol. The van der Waals surface area contributed by atoms with Gasteiger partial charge in [0.25, 0.3) is 0 Å². The van der Waals surface area contributed by atoms with E-state index >= 15 is 0 Å². The SMILES string of the molecule is CC(C)(C)S(=O)N[C@H](c1cn(C2(C(N)=O)CC2)nn1)C1CCCCC1. The van der Waals surface area contributed by atoms with E-state index in [9.17, 15) is 9.00 Å². The van der Waals surface area contributed by atoms with E-state index in [2.05, 4.69) is 15.0 Å². The molecular formula is C17H29N5O2S. The molecule has 2 aliphatic carbocycles. The molecule has 0 aliphatic heterocycles. The van der Waals surface area contributed by atoms with Gasteiger partial charge in [0.1, 0.15) is 11.2 Å². The Hall–Kier alpha value is -1.28. The fourth-order valence-electron chi connectivity index (χ4n) is 3.49. The molecule has 8 heteroatoms. The number of hydrogen-bond acceptors (Lipinski definition) is 4. The van der Waals surface area contributed by atoms with Crippen molar-refractivity contribution in [1.82, 2.24) is 19.7 Å². The Labute approximate surface area is 151 Å². The molecule has 3 N–H and O–H groups in total. The van der Waals surface area contributed by atoms with Gasteiger partial charge in [-0.2, -0.15) is 0 Å². The van der Waals surface area contributed by atoms with Crippen molar-refractivity contribution in [2.75, 3.05) is 0 Å². The minimum Gasteiger partial charge on any atom is -0.368 e. The second-order valence-corrected chi connectivity index (χ2v) is 10.4. The van der Waals surface area contributed by atoms with Crippen molar-refractivity contribution >= 4 is 16.9 Å². The highest BCUT2D eigenvalue weighted by Gasteiger charge is 2.52. The van der Waals surface area contributed by atoms with Crippen LogP contribution in [0.15, 0.2) is 6.20 Å². The van der Waals surface area contributed by atoms with Crippen molar-refractivity contribution in [1.29, 1.82) is 0 Å². The topological polar surface area (TPSA) is 103 Å². The van der Waals surface area contributed by atoms with Crippen LogP contribution in [-0.4, -0.2) is 29.9 Å². The molecule has 0 saturated heterocycles. The number of nitrogens with two attached hydrogens (primary N) is 1. The van der Waals surface area contributed by atoms with Crippen molar-refractivity contribution < 1.29 is 9.00 Å². The Morgan fingerprint density at radius 1 is 1.36 bits per heavy atom. The number of carbonyl (C=O) groups excluding carboxylic acids is 1. The summed E-state index contributed by atoms with van der Waals surface area (Å²) in [5.41, 5.74) is 5.60. The molecule has 2 saturated carbocycles. The van der Waals surface area contributed by atoms with E-state index in [1.165, 1.54) is 19.3 Å². The second-order valence-electron chi connectivity index (χ2n) is 8.36. The summed E-state index contributed by atoms with van der Waals surface area (Å²) in [6.07, 6.45) is 9.04. The Morgan fingerprint density at radius 3 is 2.52 bits per heavy atom. The Kier molecular flexibility index (Phi) is 5.03. The number of nitrogens with one attached hydrogen (secondary N) is 1. The first kappa shape index (κ1) is 18.5. The lowest BCUT2D eigenvalue weighted by molar-refractivity contribution is -0.122. The summed E-state index contributed by atoms with van der Waals surface area (Å²) in [6, 6.07) is -0.113. The molecule has 0 bridgehead atoms. The third-order valence-corrected chi connectivity index (χ3v) is 6.94. The second kappa shape index (κ2) is 6.79. The predicted octanol–water partition coefficient (Wildman–Crippen LogP) is 1.93. The van der Waals surface area contributed by atoms with Gasteiger partial charge in [-0.15, -0.1) is 5.10 Å². The molecule has 1 aromatic rings. The molecule has 3 rings (SSSR count). The van der Waals surface area contributed by atoms with Crippen LogP contribution in [-0.2, 0) is 21.3 Å². The Balaban J connectivity index is 1.85. The van der Waals surface area contributed by atoms with Crippen molar-refractivity contribution in [3.8, 4) is 0 Å². The normalized spacial score (nSPS) is 23.2. The van der Waals surface area contributed by atoms with Crippen LogP contribution in [0.1, 0.15) is 77.5 Å². The van der Waals surface area contributed by atoms with Crippen molar-refractivity contribution in [3.05, 3.63) is 11.9 Å². The molecule has 7 nitrogen and oxygen atoms in total. The third kappa shape index (κ3) is 3.79. The number of nitrogens with zero attached hydrogens (tertiary/aromatic N) is 3. The van der Waals surface area contributed by atoms with Crippen molar-refractivity contribution in [2.45, 2.75) is 82.0 Å². The number of amides is 1. The van der Waals surface area contributed by atoms with E-state index in [1.807, 2.05) is 27.0 Å². The Morgan fingerprint density at radius 2 is 2.00 bits per heavy atom. The van der Waals surface area contributed by atoms with Crippen LogP contribution in [0.3, 0.4) is 0 Å². The smallest absolute Gasteiger partial charge is 0.245 e. The summed E-state index contributed by atoms with van der Waals surface area (Å²) >= 11 is 0. The largest absolute Gasteiger partial charge is 0.368 e. The van der Waals surface area contributed by atoms with Gasteiger partial charge in [-0.25, -0.2) is 13.6 Å². The molecule has 140 valence electrons. The average Bonchev–Trinajstić information content (AvgIpc) is 3.24. The number of aromatic nitrogens is 3. The third-order valence-electron chi connectivity index (χ3n) is 5.36. The van der Waals surface area contributed by atoms with Gasteiger partial charge in [0.15, 0.2) is 0 Å². The van der Waals surface area contributed by atoms with Crippen LogP contribution in [0.25, 0.3) is 0 Å². The number of carbonyl (C=O) groups is 1. The van der Waals surface area contributed by atoms with Crippen LogP contribution < -0.4 is 10.5 Å². The first-order chi connectivity index (χ1) is 11.7. The summed E-state index contributed by atoms with van der Waals surface area (Å²) in [4.78, 5) is 11.7. The van der Waals surface area contributed by atoms with Crippen molar-refractivity contribution in [3.63, 3.8) is 0 Å². The maximum atomic E-state index is 12.7. The molecule has 2 atom stereocenters. The standard InChI is InChI=1S/C17H29N5O2S/c1-16(2,3)25(24)20-14(12-7-5-4-6-8-12)13-11-22(21-19-13)17(9-10-17)15(18)23/h11-12,14,20H,4-10H2,1-3H3,(H2,18,23)/t14-,25?/m0/s1. The lowest BCUT2D eigenvalue weighted by Crippen LogP contribution is -2.39. The molecule has 25 heavy (non-hydrogen) atoms. The van der Waals surface area contributed by atoms with Crippen LogP contribution in [0.5, 0.6) is 0 Å². The van der Waals surface area contributed by atoms with E-state index in [0.29, 0.717) is 18.8 Å². The van der Waals surface area contributed by atoms with E-state index in [0.717, 1.165) is 18.5 Å². The summed E-state index contributed by atoms with van der Waals surface area (Å²) < 4.78 is 17.2. The molecule has 0 radical (unpaired) electrons. The van der Waals surface area contributed by atoms with Gasteiger partial charge in [0.2, 0.25) is 5.91 Å². The molecule has 1 unspecified atom stereocenters. The maximum absolute atomic E-state index is 12.7. The Bertz CT molecular complexity index is 656. The molecule has 0 aromatic carbocycles. The van der Waals surface area contributed by atoms with Gasteiger partial charge in [0, 0.05) is 0 Å². The van der Waals surface area contributed by atoms with Crippen molar-refractivity contribution in [2.24, 2.45) is 11.7 Å². The van der Waals surface area contributed by atoms with E-state index < -0.39 is 16.5 Å². The lowest BCUT2D eigenvalue weighted by Gasteiger charge is -2.31. The molecule has 2 aliphatic rings. The first-order valence-corrected chi connectivity index (χ1v) is 10.3. The van der Waals surface area contributed by atoms with Gasteiger partial charge < -0.3 is 5.73 Å². The number of rotatable bonds is 6. The van der Waals surface area contributed by atoms with Gasteiger partial charge in [-0.05, 0) is 52.4 Å². The molecular weight excluding hydrogens is 338 g/mol. The molecule has 1 amide bonds. The van der Waals surface area contributed by atoms with Gasteiger partial charge >= 0.3 is 0 Å². The van der Waals surface area contributed by atoms with Crippen LogP contribution in [0, 0.1) is 5.92 Å². The van der Waals surface area contributed by atoms with Crippen LogP contribution >= 0.6 is 0 Å². The maximum Gasteiger partial charge on any atom is 0.245 e. The average molecular weight is 368 g/mol. The zero-order valence-electron chi connectivity index (χ0n) is 15.3. The quantitative estimate of drug-likeness (QED) is 0.802. The van der Waals surface area contributed by atoms with Gasteiger partial charge in [-0.3, -0.25) is 4.79 Å². The van der Waals surface area contributed by atoms with Gasteiger partial charge in [-0.1, -0.05) is 24.5 Å². The summed E-state index contributed by atoms with van der Waals surface area (Å²) in [7, 11) is -1.19. The molecule has 2 fully saturated rings. The van der Waals surface area contributed by atoms with E-state index in [1.54, 1.807) is 4.68 Å². The molecule has 1 heterocycles. The minimum absolute atomic E-state index is 0.113. The lowest BCUT2D eigenvalue weighted by atomic mass is 9.83. The summed E-state index contributed by atoms with van der Waals surface area (Å²) in [5.74, 6) is 0.0262. The molecule has 1 aromatic heterocycles. The van der Waals surface area contributed by atoms with Crippen LogP contribution in [0.2, 0.25) is 0 Å². The van der Waals surface area contributed by atoms with Gasteiger partial charge in [0.05, 0.1) is 28.0 Å². The fraction of sp³-hybridized carbons (Fsp3) is 0.824. The highest BCUT2D eigenvalue weighted by molar-refractivity contribution is 7.84. The highest BCUT2D eigenvalue weighted by Crippen LogP contribution is 2.43. The molecule has 0 spiro atoms.